The minimum absolute atomic E-state index is 0.190. The Morgan fingerprint density at radius 2 is 1.70 bits per heavy atom. The average molecular weight is 339 g/mol. The first-order valence-electron chi connectivity index (χ1n) is 8.90. The third kappa shape index (κ3) is 3.33. The van der Waals surface area contributed by atoms with Gasteiger partial charge in [-0.15, -0.1) is 0 Å². The lowest BCUT2D eigenvalue weighted by molar-refractivity contribution is -0.129. The highest BCUT2D eigenvalue weighted by atomic mass is 32.3. The Hall–Kier alpha value is -0.900. The van der Waals surface area contributed by atoms with Crippen molar-refractivity contribution >= 4 is 15.9 Å². The molecule has 0 spiro atoms. The van der Waals surface area contributed by atoms with E-state index in [0.717, 1.165) is 41.1 Å². The summed E-state index contributed by atoms with van der Waals surface area (Å²) in [4.78, 5) is 13.6. The Morgan fingerprint density at radius 3 is 2.17 bits per heavy atom. The summed E-state index contributed by atoms with van der Waals surface area (Å²) in [5.41, 5.74) is 2.80. The number of aromatic nitrogens is 1. The maximum atomic E-state index is 11.6. The van der Waals surface area contributed by atoms with E-state index in [1.807, 2.05) is 4.90 Å². The molecular formula is C19H34N2OS. The maximum absolute atomic E-state index is 11.6. The van der Waals surface area contributed by atoms with E-state index in [-0.39, 0.29) is 5.91 Å². The van der Waals surface area contributed by atoms with E-state index < -0.39 is 10.0 Å². The predicted molar refractivity (Wildman–Crippen MR) is 102 cm³/mol. The van der Waals surface area contributed by atoms with Crippen molar-refractivity contribution in [3.05, 3.63) is 23.5 Å². The molecule has 0 bridgehead atoms. The molecule has 23 heavy (non-hydrogen) atoms. The Balaban J connectivity index is 2.32. The van der Waals surface area contributed by atoms with Crippen molar-refractivity contribution in [3.8, 4) is 0 Å². The lowest BCUT2D eigenvalue weighted by atomic mass is 10.1. The zero-order valence-electron chi connectivity index (χ0n) is 15.9. The fraction of sp³-hybridized carbons (Fsp3) is 0.737. The summed E-state index contributed by atoms with van der Waals surface area (Å²) in [6.45, 7) is 17.8. The van der Waals surface area contributed by atoms with Gasteiger partial charge in [0.25, 0.3) is 0 Å². The number of nitrogens with zero attached hydrogens (tertiary/aromatic N) is 2. The standard InChI is InChI=1S/C19H34N2OS/c1-14(2)23(15(3)4,16(5)6)13-21-10-8-18-12-20(17(7)22)11-9-19(18)21/h8,10,14-16H,9,11-13H2,1-7H3. The van der Waals surface area contributed by atoms with Crippen LogP contribution in [0.3, 0.4) is 0 Å². The largest absolute Gasteiger partial charge is 0.343 e. The molecule has 1 aliphatic rings. The highest BCUT2D eigenvalue weighted by molar-refractivity contribution is 8.34. The van der Waals surface area contributed by atoms with Gasteiger partial charge in [0.15, 0.2) is 0 Å². The van der Waals surface area contributed by atoms with Crippen LogP contribution in [0.15, 0.2) is 12.3 Å². The molecule has 132 valence electrons. The molecule has 0 radical (unpaired) electrons. The van der Waals surface area contributed by atoms with Crippen LogP contribution < -0.4 is 0 Å². The second-order valence-electron chi connectivity index (χ2n) is 7.63. The molecule has 0 fully saturated rings. The van der Waals surface area contributed by atoms with Gasteiger partial charge in [-0.25, -0.2) is 10.0 Å². The Labute approximate surface area is 143 Å². The van der Waals surface area contributed by atoms with Crippen LogP contribution in [-0.4, -0.2) is 37.7 Å². The van der Waals surface area contributed by atoms with Crippen LogP contribution in [0.2, 0.25) is 0 Å². The van der Waals surface area contributed by atoms with Gasteiger partial charge in [0.1, 0.15) is 0 Å². The van der Waals surface area contributed by atoms with Gasteiger partial charge >= 0.3 is 0 Å². The summed E-state index contributed by atoms with van der Waals surface area (Å²) in [5.74, 6) is 1.35. The van der Waals surface area contributed by atoms with Crippen LogP contribution in [0, 0.1) is 0 Å². The molecule has 0 aromatic carbocycles. The van der Waals surface area contributed by atoms with Gasteiger partial charge in [0, 0.05) is 38.3 Å². The van der Waals surface area contributed by atoms with E-state index in [1.165, 1.54) is 11.3 Å². The highest BCUT2D eigenvalue weighted by Crippen LogP contribution is 2.61. The van der Waals surface area contributed by atoms with Crippen LogP contribution in [-0.2, 0) is 23.6 Å². The van der Waals surface area contributed by atoms with E-state index in [9.17, 15) is 4.79 Å². The number of carbonyl (C=O) groups is 1. The van der Waals surface area contributed by atoms with Crippen molar-refractivity contribution in [2.45, 2.75) is 83.1 Å². The fourth-order valence-electron chi connectivity index (χ4n) is 4.24. The average Bonchev–Trinajstić information content (AvgIpc) is 2.85. The number of hydrogen-bond donors (Lipinski definition) is 0. The molecule has 0 unspecified atom stereocenters. The third-order valence-electron chi connectivity index (χ3n) is 5.59. The molecular weight excluding hydrogens is 304 g/mol. The summed E-state index contributed by atoms with van der Waals surface area (Å²) in [7, 11) is -0.750. The van der Waals surface area contributed by atoms with Gasteiger partial charge in [-0.1, -0.05) is 41.5 Å². The minimum Gasteiger partial charge on any atom is -0.343 e. The number of rotatable bonds is 5. The molecule has 0 saturated heterocycles. The van der Waals surface area contributed by atoms with Crippen molar-refractivity contribution < 1.29 is 4.79 Å². The zero-order chi connectivity index (χ0) is 17.4. The molecule has 1 amide bonds. The Bertz CT molecular complexity index is 538. The fourth-order valence-corrected chi connectivity index (χ4v) is 9.12. The number of fused-ring (bicyclic) bond motifs is 1. The van der Waals surface area contributed by atoms with Crippen molar-refractivity contribution in [2.24, 2.45) is 0 Å². The molecule has 4 heteroatoms. The molecule has 0 N–H and O–H groups in total. The van der Waals surface area contributed by atoms with Crippen molar-refractivity contribution in [1.29, 1.82) is 0 Å². The van der Waals surface area contributed by atoms with Crippen LogP contribution >= 0.6 is 10.0 Å². The van der Waals surface area contributed by atoms with Crippen molar-refractivity contribution in [2.75, 3.05) is 6.54 Å². The van der Waals surface area contributed by atoms with Crippen LogP contribution in [0.1, 0.15) is 59.7 Å². The topological polar surface area (TPSA) is 25.2 Å². The second kappa shape index (κ2) is 6.92. The summed E-state index contributed by atoms with van der Waals surface area (Å²) >= 11 is 0. The maximum Gasteiger partial charge on any atom is 0.219 e. The SMILES string of the molecule is CC(=O)N1CCc2c(ccn2CS(C(C)C)(C(C)C)C(C)C)C1. The first-order chi connectivity index (χ1) is 10.7. The highest BCUT2D eigenvalue weighted by Gasteiger charge is 2.35. The molecule has 3 nitrogen and oxygen atoms in total. The Morgan fingerprint density at radius 1 is 1.13 bits per heavy atom. The molecule has 1 aliphatic heterocycles. The van der Waals surface area contributed by atoms with Crippen molar-refractivity contribution in [1.82, 2.24) is 9.47 Å². The van der Waals surface area contributed by atoms with Gasteiger partial charge in [0.2, 0.25) is 5.91 Å². The van der Waals surface area contributed by atoms with E-state index in [4.69, 9.17) is 0 Å². The molecule has 0 saturated carbocycles. The van der Waals surface area contributed by atoms with Gasteiger partial charge in [-0.05, 0) is 27.4 Å². The van der Waals surface area contributed by atoms with E-state index in [2.05, 4.69) is 58.4 Å². The van der Waals surface area contributed by atoms with Gasteiger partial charge in [0.05, 0.1) is 5.88 Å². The van der Waals surface area contributed by atoms with E-state index in [1.54, 1.807) is 6.92 Å². The second-order valence-corrected chi connectivity index (χ2v) is 12.5. The molecule has 2 rings (SSSR count). The van der Waals surface area contributed by atoms with Crippen LogP contribution in [0.4, 0.5) is 0 Å². The number of carbonyl (C=O) groups excluding carboxylic acids is 1. The summed E-state index contributed by atoms with van der Waals surface area (Å²) in [6, 6.07) is 2.23. The first kappa shape index (κ1) is 18.4. The normalized spacial score (nSPS) is 16.3. The van der Waals surface area contributed by atoms with Gasteiger partial charge in [-0.2, -0.15) is 0 Å². The van der Waals surface area contributed by atoms with Gasteiger partial charge < -0.3 is 9.47 Å². The quantitative estimate of drug-likeness (QED) is 0.782. The summed E-state index contributed by atoms with van der Waals surface area (Å²) < 4.78 is 2.52. The van der Waals surface area contributed by atoms with E-state index in [0.29, 0.717) is 0 Å². The smallest absolute Gasteiger partial charge is 0.219 e. The van der Waals surface area contributed by atoms with Crippen molar-refractivity contribution in [3.63, 3.8) is 0 Å². The van der Waals surface area contributed by atoms with E-state index >= 15 is 0 Å². The number of amides is 1. The third-order valence-corrected chi connectivity index (χ3v) is 11.6. The molecule has 1 aromatic heterocycles. The molecule has 1 aromatic rings. The lowest BCUT2D eigenvalue weighted by Gasteiger charge is -2.52. The first-order valence-corrected chi connectivity index (χ1v) is 10.9. The molecule has 0 atom stereocenters. The van der Waals surface area contributed by atoms with Crippen LogP contribution in [0.5, 0.6) is 0 Å². The van der Waals surface area contributed by atoms with Crippen LogP contribution in [0.25, 0.3) is 0 Å². The number of hydrogen-bond acceptors (Lipinski definition) is 1. The summed E-state index contributed by atoms with van der Waals surface area (Å²) in [5, 5.41) is 2.16. The molecule has 2 heterocycles. The van der Waals surface area contributed by atoms with Gasteiger partial charge in [-0.3, -0.25) is 4.79 Å². The summed E-state index contributed by atoms with van der Waals surface area (Å²) in [6.07, 6.45) is 3.26. The monoisotopic (exact) mass is 338 g/mol. The lowest BCUT2D eigenvalue weighted by Crippen LogP contribution is -2.36. The minimum atomic E-state index is -0.750. The Kier molecular flexibility index (Phi) is 5.55. The predicted octanol–water partition coefficient (Wildman–Crippen LogP) is 4.38. The zero-order valence-corrected chi connectivity index (χ0v) is 16.7. The molecule has 0 aliphatic carbocycles.